The van der Waals surface area contributed by atoms with Gasteiger partial charge in [-0.25, -0.2) is 4.98 Å². The van der Waals surface area contributed by atoms with Crippen LogP contribution in [0.5, 0.6) is 5.75 Å². The third-order valence-corrected chi connectivity index (χ3v) is 4.00. The highest BCUT2D eigenvalue weighted by Gasteiger charge is 2.13. The van der Waals surface area contributed by atoms with Gasteiger partial charge >= 0.3 is 0 Å². The van der Waals surface area contributed by atoms with Gasteiger partial charge in [-0.2, -0.15) is 0 Å². The van der Waals surface area contributed by atoms with E-state index in [-0.39, 0.29) is 12.3 Å². The lowest BCUT2D eigenvalue weighted by Gasteiger charge is -2.23. The number of methoxy groups -OCH3 is 1. The molecule has 0 bridgehead atoms. The molecule has 0 unspecified atom stereocenters. The molecule has 0 fully saturated rings. The van der Waals surface area contributed by atoms with E-state index in [9.17, 15) is 4.79 Å². The zero-order valence-electron chi connectivity index (χ0n) is 14.6. The third kappa shape index (κ3) is 4.42. The molecule has 0 aliphatic carbocycles. The van der Waals surface area contributed by atoms with Crippen molar-refractivity contribution in [1.29, 1.82) is 0 Å². The van der Waals surface area contributed by atoms with Crippen molar-refractivity contribution < 1.29 is 13.9 Å². The molecule has 2 N–H and O–H groups in total. The quantitative estimate of drug-likeness (QED) is 0.674. The fraction of sp³-hybridized carbons (Fsp3) is 0.200. The fourth-order valence-electron chi connectivity index (χ4n) is 2.62. The average Bonchev–Trinajstić information content (AvgIpc) is 3.14. The van der Waals surface area contributed by atoms with Gasteiger partial charge in [0, 0.05) is 24.2 Å². The number of primary amides is 1. The lowest BCUT2D eigenvalue weighted by molar-refractivity contribution is -0.117. The van der Waals surface area contributed by atoms with Gasteiger partial charge in [-0.3, -0.25) is 4.79 Å². The van der Waals surface area contributed by atoms with E-state index in [1.165, 1.54) is 0 Å². The maximum absolute atomic E-state index is 11.2. The highest BCUT2D eigenvalue weighted by Crippen LogP contribution is 2.24. The predicted molar refractivity (Wildman–Crippen MR) is 99.8 cm³/mol. The smallest absolute Gasteiger partial charge is 0.219 e. The second-order valence-corrected chi connectivity index (χ2v) is 5.82. The molecule has 134 valence electrons. The number of hydrogen-bond acceptors (Lipinski definition) is 5. The minimum Gasteiger partial charge on any atom is -0.497 e. The van der Waals surface area contributed by atoms with Crippen LogP contribution in [0.1, 0.15) is 12.3 Å². The lowest BCUT2D eigenvalue weighted by Crippen LogP contribution is -2.27. The van der Waals surface area contributed by atoms with Gasteiger partial charge in [-0.1, -0.05) is 30.3 Å². The molecule has 0 spiro atoms. The van der Waals surface area contributed by atoms with Gasteiger partial charge in [0.05, 0.1) is 19.9 Å². The molecule has 0 radical (unpaired) electrons. The molecule has 0 aliphatic heterocycles. The summed E-state index contributed by atoms with van der Waals surface area (Å²) in [6.07, 6.45) is 1.96. The number of nitrogens with zero attached hydrogens (tertiary/aromatic N) is 2. The maximum atomic E-state index is 11.2. The Labute approximate surface area is 152 Å². The molecule has 0 saturated carbocycles. The van der Waals surface area contributed by atoms with E-state index in [0.29, 0.717) is 24.7 Å². The predicted octanol–water partition coefficient (Wildman–Crippen LogP) is 3.23. The van der Waals surface area contributed by atoms with E-state index in [0.717, 1.165) is 17.0 Å². The summed E-state index contributed by atoms with van der Waals surface area (Å²) in [7, 11) is 1.62. The Kier molecular flexibility index (Phi) is 5.53. The number of ether oxygens (including phenoxy) is 1. The molecular formula is C20H21N3O3. The van der Waals surface area contributed by atoms with Crippen molar-refractivity contribution >= 4 is 11.6 Å². The Hall–Kier alpha value is -3.28. The van der Waals surface area contributed by atoms with Gasteiger partial charge in [-0.05, 0) is 24.3 Å². The summed E-state index contributed by atoms with van der Waals surface area (Å²) < 4.78 is 11.1. The molecule has 1 aromatic heterocycles. The maximum Gasteiger partial charge on any atom is 0.219 e. The van der Waals surface area contributed by atoms with Crippen molar-refractivity contribution in [1.82, 2.24) is 4.98 Å². The first-order chi connectivity index (χ1) is 12.7. The Morgan fingerprint density at radius 2 is 1.88 bits per heavy atom. The van der Waals surface area contributed by atoms with Gasteiger partial charge in [0.1, 0.15) is 5.75 Å². The van der Waals surface area contributed by atoms with Crippen LogP contribution in [-0.4, -0.2) is 24.5 Å². The number of amides is 1. The van der Waals surface area contributed by atoms with E-state index in [4.69, 9.17) is 14.9 Å². The fourth-order valence-corrected chi connectivity index (χ4v) is 2.62. The molecule has 6 nitrogen and oxygen atoms in total. The van der Waals surface area contributed by atoms with Gasteiger partial charge in [0.2, 0.25) is 11.8 Å². The summed E-state index contributed by atoms with van der Waals surface area (Å²) in [4.78, 5) is 17.6. The summed E-state index contributed by atoms with van der Waals surface area (Å²) in [5.74, 6) is 1.71. The topological polar surface area (TPSA) is 81.6 Å². The number of hydrogen-bond donors (Lipinski definition) is 1. The zero-order chi connectivity index (χ0) is 18.4. The van der Waals surface area contributed by atoms with Crippen LogP contribution in [0.2, 0.25) is 0 Å². The summed E-state index contributed by atoms with van der Waals surface area (Å²) in [5.41, 5.74) is 7.22. The van der Waals surface area contributed by atoms with Crippen LogP contribution in [0.25, 0.3) is 11.3 Å². The van der Waals surface area contributed by atoms with Crippen molar-refractivity contribution in [3.8, 4) is 17.1 Å². The van der Waals surface area contributed by atoms with Gasteiger partial charge in [0.25, 0.3) is 0 Å². The minimum absolute atomic E-state index is 0.248. The SMILES string of the molecule is COc1ccc(N(CCC(N)=O)Cc2ncc(-c3ccccc3)o2)cc1. The molecule has 0 atom stereocenters. The summed E-state index contributed by atoms with van der Waals surface area (Å²) in [6.45, 7) is 0.914. The number of nitrogens with two attached hydrogens (primary N) is 1. The number of oxazole rings is 1. The first-order valence-corrected chi connectivity index (χ1v) is 8.33. The van der Waals surface area contributed by atoms with Gasteiger partial charge in [-0.15, -0.1) is 0 Å². The Morgan fingerprint density at radius 3 is 2.54 bits per heavy atom. The number of rotatable bonds is 8. The zero-order valence-corrected chi connectivity index (χ0v) is 14.6. The first kappa shape index (κ1) is 17.5. The summed E-state index contributed by atoms with van der Waals surface area (Å²) >= 11 is 0. The summed E-state index contributed by atoms with van der Waals surface area (Å²) in [5, 5.41) is 0. The second-order valence-electron chi connectivity index (χ2n) is 5.82. The molecule has 1 amide bonds. The van der Waals surface area contributed by atoms with Gasteiger partial charge in [0.15, 0.2) is 5.76 Å². The van der Waals surface area contributed by atoms with E-state index in [1.807, 2.05) is 59.5 Å². The molecule has 1 heterocycles. The Bertz CT molecular complexity index is 844. The van der Waals surface area contributed by atoms with Crippen molar-refractivity contribution in [2.45, 2.75) is 13.0 Å². The van der Waals surface area contributed by atoms with Crippen molar-refractivity contribution in [2.75, 3.05) is 18.6 Å². The van der Waals surface area contributed by atoms with Crippen LogP contribution in [0, 0.1) is 0 Å². The molecule has 26 heavy (non-hydrogen) atoms. The van der Waals surface area contributed by atoms with Crippen LogP contribution in [0.15, 0.2) is 65.2 Å². The molecular weight excluding hydrogens is 330 g/mol. The second kappa shape index (κ2) is 8.20. The standard InChI is InChI=1S/C20H21N3O3/c1-25-17-9-7-16(8-10-17)23(12-11-19(21)24)14-20-22-13-18(26-20)15-5-3-2-4-6-15/h2-10,13H,11-12,14H2,1H3,(H2,21,24). The number of carbonyl (C=O) groups is 1. The molecule has 0 saturated heterocycles. The van der Waals surface area contributed by atoms with E-state index in [1.54, 1.807) is 13.3 Å². The summed E-state index contributed by atoms with van der Waals surface area (Å²) in [6, 6.07) is 17.4. The largest absolute Gasteiger partial charge is 0.497 e. The van der Waals surface area contributed by atoms with Crippen molar-refractivity contribution in [3.05, 3.63) is 66.7 Å². The Balaban J connectivity index is 1.78. The first-order valence-electron chi connectivity index (χ1n) is 8.33. The van der Waals surface area contributed by atoms with Crippen LogP contribution in [0.4, 0.5) is 5.69 Å². The highest BCUT2D eigenvalue weighted by atomic mass is 16.5. The van der Waals surface area contributed by atoms with Gasteiger partial charge < -0.3 is 19.8 Å². The van der Waals surface area contributed by atoms with Crippen LogP contribution in [-0.2, 0) is 11.3 Å². The van der Waals surface area contributed by atoms with Crippen LogP contribution in [0.3, 0.4) is 0 Å². The van der Waals surface area contributed by atoms with E-state index < -0.39 is 0 Å². The minimum atomic E-state index is -0.346. The van der Waals surface area contributed by atoms with E-state index in [2.05, 4.69) is 4.98 Å². The molecule has 0 aliphatic rings. The highest BCUT2D eigenvalue weighted by molar-refractivity contribution is 5.74. The van der Waals surface area contributed by atoms with Crippen molar-refractivity contribution in [2.24, 2.45) is 5.73 Å². The lowest BCUT2D eigenvalue weighted by atomic mass is 10.2. The van der Waals surface area contributed by atoms with Crippen LogP contribution < -0.4 is 15.4 Å². The number of aromatic nitrogens is 1. The number of benzene rings is 2. The molecule has 2 aromatic carbocycles. The third-order valence-electron chi connectivity index (χ3n) is 4.00. The number of carbonyl (C=O) groups excluding carboxylic acids is 1. The monoisotopic (exact) mass is 351 g/mol. The molecule has 6 heteroatoms. The van der Waals surface area contributed by atoms with Crippen LogP contribution >= 0.6 is 0 Å². The molecule has 3 rings (SSSR count). The Morgan fingerprint density at radius 1 is 1.15 bits per heavy atom. The molecule has 3 aromatic rings. The van der Waals surface area contributed by atoms with E-state index >= 15 is 0 Å². The normalized spacial score (nSPS) is 10.5. The van der Waals surface area contributed by atoms with Crippen molar-refractivity contribution in [3.63, 3.8) is 0 Å². The average molecular weight is 351 g/mol. The number of anilines is 1.